The number of amides is 2. The summed E-state index contributed by atoms with van der Waals surface area (Å²) >= 11 is 7.45. The fraction of sp³-hybridized carbons (Fsp3) is 0.250. The van der Waals surface area contributed by atoms with Crippen molar-refractivity contribution in [1.29, 1.82) is 0 Å². The highest BCUT2D eigenvalue weighted by molar-refractivity contribution is 7.22. The molecule has 1 aliphatic heterocycles. The minimum Gasteiger partial charge on any atom is -0.349 e. The summed E-state index contributed by atoms with van der Waals surface area (Å²) in [4.78, 5) is 28.7. The Labute approximate surface area is 118 Å². The van der Waals surface area contributed by atoms with Gasteiger partial charge in [-0.2, -0.15) is 0 Å². The van der Waals surface area contributed by atoms with Gasteiger partial charge < -0.3 is 5.32 Å². The SMILES string of the molecule is CN1C(=O)CC(Nc2nc3cccc(Cl)c3s2)C1=O. The number of carbonyl (C=O) groups is 2. The molecule has 2 amide bonds. The average molecular weight is 296 g/mol. The molecule has 1 unspecified atom stereocenters. The number of likely N-dealkylation sites (N-methyl/N-ethyl adjacent to an activating group) is 1. The monoisotopic (exact) mass is 295 g/mol. The number of rotatable bonds is 2. The summed E-state index contributed by atoms with van der Waals surface area (Å²) in [5.74, 6) is -0.406. The Morgan fingerprint density at radius 3 is 2.89 bits per heavy atom. The third-order valence-electron chi connectivity index (χ3n) is 3.05. The van der Waals surface area contributed by atoms with E-state index in [0.717, 1.165) is 15.1 Å². The predicted molar refractivity (Wildman–Crippen MR) is 74.4 cm³/mol. The lowest BCUT2D eigenvalue weighted by molar-refractivity contribution is -0.136. The Balaban J connectivity index is 1.88. The highest BCUT2D eigenvalue weighted by atomic mass is 35.5. The number of anilines is 1. The number of benzene rings is 1. The van der Waals surface area contributed by atoms with E-state index in [4.69, 9.17) is 11.6 Å². The van der Waals surface area contributed by atoms with Gasteiger partial charge in [-0.1, -0.05) is 29.0 Å². The zero-order valence-electron chi connectivity index (χ0n) is 10.0. The molecular weight excluding hydrogens is 286 g/mol. The van der Waals surface area contributed by atoms with Crippen molar-refractivity contribution in [2.45, 2.75) is 12.5 Å². The minimum absolute atomic E-state index is 0.166. The van der Waals surface area contributed by atoms with E-state index < -0.39 is 6.04 Å². The Bertz CT molecular complexity index is 685. The third-order valence-corrected chi connectivity index (χ3v) is 4.51. The number of hydrogen-bond acceptors (Lipinski definition) is 5. The number of aromatic nitrogens is 1. The van der Waals surface area contributed by atoms with Crippen LogP contribution < -0.4 is 5.32 Å². The van der Waals surface area contributed by atoms with E-state index in [1.807, 2.05) is 12.1 Å². The van der Waals surface area contributed by atoms with Crippen molar-refractivity contribution in [2.75, 3.05) is 12.4 Å². The molecule has 0 aliphatic carbocycles. The number of thiazole rings is 1. The van der Waals surface area contributed by atoms with E-state index in [2.05, 4.69) is 10.3 Å². The summed E-state index contributed by atoms with van der Waals surface area (Å²) in [6.07, 6.45) is 0.166. The lowest BCUT2D eigenvalue weighted by Crippen LogP contribution is -2.31. The molecule has 0 saturated carbocycles. The van der Waals surface area contributed by atoms with E-state index in [-0.39, 0.29) is 18.2 Å². The number of hydrogen-bond donors (Lipinski definition) is 1. The van der Waals surface area contributed by atoms with Crippen LogP contribution in [0.4, 0.5) is 5.13 Å². The van der Waals surface area contributed by atoms with Crippen LogP contribution >= 0.6 is 22.9 Å². The number of carbonyl (C=O) groups excluding carboxylic acids is 2. The molecule has 1 N–H and O–H groups in total. The molecule has 0 spiro atoms. The lowest BCUT2D eigenvalue weighted by Gasteiger charge is -2.09. The maximum atomic E-state index is 11.8. The van der Waals surface area contributed by atoms with Crippen LogP contribution in [0.15, 0.2) is 18.2 Å². The summed E-state index contributed by atoms with van der Waals surface area (Å²) in [6.45, 7) is 0. The first-order valence-corrected chi connectivity index (χ1v) is 6.87. The first-order chi connectivity index (χ1) is 9.06. The zero-order valence-corrected chi connectivity index (χ0v) is 11.6. The Morgan fingerprint density at radius 2 is 2.26 bits per heavy atom. The van der Waals surface area contributed by atoms with Crippen molar-refractivity contribution in [1.82, 2.24) is 9.88 Å². The van der Waals surface area contributed by atoms with Crippen LogP contribution in [0.2, 0.25) is 5.02 Å². The van der Waals surface area contributed by atoms with Crippen LogP contribution in [0, 0.1) is 0 Å². The van der Waals surface area contributed by atoms with Gasteiger partial charge in [0, 0.05) is 7.05 Å². The van der Waals surface area contributed by atoms with Crippen LogP contribution in [0.5, 0.6) is 0 Å². The van der Waals surface area contributed by atoms with Gasteiger partial charge in [-0.25, -0.2) is 4.98 Å². The fourth-order valence-electron chi connectivity index (χ4n) is 1.99. The number of likely N-dealkylation sites (tertiary alicyclic amines) is 1. The first-order valence-electron chi connectivity index (χ1n) is 5.68. The third kappa shape index (κ3) is 2.06. The number of imide groups is 1. The van der Waals surface area contributed by atoms with Crippen molar-refractivity contribution >= 4 is 50.1 Å². The normalized spacial score (nSPS) is 19.5. The number of nitrogens with zero attached hydrogens (tertiary/aromatic N) is 2. The molecule has 1 aromatic carbocycles. The molecule has 0 radical (unpaired) electrons. The largest absolute Gasteiger partial charge is 0.349 e. The molecule has 1 aromatic heterocycles. The van der Waals surface area contributed by atoms with E-state index in [1.54, 1.807) is 6.07 Å². The Kier molecular flexibility index (Phi) is 2.91. The second kappa shape index (κ2) is 4.47. The van der Waals surface area contributed by atoms with Gasteiger partial charge >= 0.3 is 0 Å². The van der Waals surface area contributed by atoms with Crippen molar-refractivity contribution in [3.05, 3.63) is 23.2 Å². The molecule has 1 saturated heterocycles. The maximum absolute atomic E-state index is 11.8. The molecule has 2 aromatic rings. The van der Waals surface area contributed by atoms with Crippen molar-refractivity contribution < 1.29 is 9.59 Å². The summed E-state index contributed by atoms with van der Waals surface area (Å²) < 4.78 is 0.872. The molecular formula is C12H10ClN3O2S. The molecule has 5 nitrogen and oxygen atoms in total. The van der Waals surface area contributed by atoms with Gasteiger partial charge in [0.1, 0.15) is 6.04 Å². The van der Waals surface area contributed by atoms with E-state index in [9.17, 15) is 9.59 Å². The Morgan fingerprint density at radius 1 is 1.47 bits per heavy atom. The summed E-state index contributed by atoms with van der Waals surface area (Å²) in [7, 11) is 1.49. The van der Waals surface area contributed by atoms with Crippen LogP contribution in [0.25, 0.3) is 10.2 Å². The Hall–Kier alpha value is -1.66. The van der Waals surface area contributed by atoms with Crippen molar-refractivity contribution in [2.24, 2.45) is 0 Å². The molecule has 0 bridgehead atoms. The highest BCUT2D eigenvalue weighted by Gasteiger charge is 2.36. The highest BCUT2D eigenvalue weighted by Crippen LogP contribution is 2.32. The number of nitrogens with one attached hydrogen (secondary N) is 1. The predicted octanol–water partition coefficient (Wildman–Crippen LogP) is 2.12. The van der Waals surface area contributed by atoms with Gasteiger partial charge in [-0.15, -0.1) is 0 Å². The van der Waals surface area contributed by atoms with Crippen molar-refractivity contribution in [3.8, 4) is 0 Å². The van der Waals surface area contributed by atoms with Crippen LogP contribution in [0.1, 0.15) is 6.42 Å². The first kappa shape index (κ1) is 12.4. The van der Waals surface area contributed by atoms with Gasteiger partial charge in [0.05, 0.1) is 21.7 Å². The van der Waals surface area contributed by atoms with E-state index >= 15 is 0 Å². The quantitative estimate of drug-likeness (QED) is 0.862. The van der Waals surface area contributed by atoms with Crippen LogP contribution in [-0.4, -0.2) is 34.8 Å². The molecule has 2 heterocycles. The molecule has 3 rings (SSSR count). The molecule has 1 fully saturated rings. The van der Waals surface area contributed by atoms with Gasteiger partial charge in [-0.05, 0) is 12.1 Å². The summed E-state index contributed by atoms with van der Waals surface area (Å²) in [5, 5.41) is 4.24. The second-order valence-electron chi connectivity index (χ2n) is 4.30. The van der Waals surface area contributed by atoms with Crippen LogP contribution in [-0.2, 0) is 9.59 Å². The molecule has 1 aliphatic rings. The van der Waals surface area contributed by atoms with E-state index in [1.165, 1.54) is 18.4 Å². The maximum Gasteiger partial charge on any atom is 0.251 e. The van der Waals surface area contributed by atoms with Gasteiger partial charge in [0.25, 0.3) is 5.91 Å². The summed E-state index contributed by atoms with van der Waals surface area (Å²) in [6, 6.07) is 4.95. The lowest BCUT2D eigenvalue weighted by atomic mass is 10.2. The average Bonchev–Trinajstić information content (AvgIpc) is 2.89. The number of halogens is 1. The smallest absolute Gasteiger partial charge is 0.251 e. The van der Waals surface area contributed by atoms with E-state index in [0.29, 0.717) is 10.2 Å². The standard InChI is InChI=1S/C12H10ClN3O2S/c1-16-9(17)5-8(11(16)18)15-12-14-7-4-2-3-6(13)10(7)19-12/h2-4,8H,5H2,1H3,(H,14,15). The van der Waals surface area contributed by atoms with Crippen LogP contribution in [0.3, 0.4) is 0 Å². The van der Waals surface area contributed by atoms with Crippen molar-refractivity contribution in [3.63, 3.8) is 0 Å². The summed E-state index contributed by atoms with van der Waals surface area (Å²) in [5.41, 5.74) is 0.783. The van der Waals surface area contributed by atoms with Gasteiger partial charge in [0.15, 0.2) is 5.13 Å². The van der Waals surface area contributed by atoms with Gasteiger partial charge in [-0.3, -0.25) is 14.5 Å². The molecule has 98 valence electrons. The molecule has 19 heavy (non-hydrogen) atoms. The minimum atomic E-state index is -0.531. The van der Waals surface area contributed by atoms with Gasteiger partial charge in [0.2, 0.25) is 5.91 Å². The second-order valence-corrected chi connectivity index (χ2v) is 5.71. The zero-order chi connectivity index (χ0) is 13.6. The topological polar surface area (TPSA) is 62.3 Å². The molecule has 7 heteroatoms. The fourth-order valence-corrected chi connectivity index (χ4v) is 3.20. The number of fused-ring (bicyclic) bond motifs is 1. The molecule has 1 atom stereocenters.